The van der Waals surface area contributed by atoms with E-state index in [1.165, 1.54) is 16.7 Å². The molecule has 1 fully saturated rings. The van der Waals surface area contributed by atoms with E-state index in [1.54, 1.807) is 0 Å². The molecule has 0 aliphatic carbocycles. The van der Waals surface area contributed by atoms with Crippen molar-refractivity contribution in [3.63, 3.8) is 0 Å². The highest BCUT2D eigenvalue weighted by Gasteiger charge is 2.30. The van der Waals surface area contributed by atoms with Gasteiger partial charge in [0.25, 0.3) is 5.91 Å². The van der Waals surface area contributed by atoms with E-state index in [0.717, 1.165) is 44.6 Å². The first kappa shape index (κ1) is 18.7. The molecule has 0 spiro atoms. The molecule has 1 atom stereocenters. The molecule has 0 bridgehead atoms. The van der Waals surface area contributed by atoms with Crippen molar-refractivity contribution in [2.45, 2.75) is 46.2 Å². The number of amides is 1. The van der Waals surface area contributed by atoms with Crippen molar-refractivity contribution < 1.29 is 4.79 Å². The summed E-state index contributed by atoms with van der Waals surface area (Å²) in [5.74, 6) is 0.155. The molecule has 3 nitrogen and oxygen atoms in total. The zero-order valence-electron chi connectivity index (χ0n) is 16.2. The first-order chi connectivity index (χ1) is 12.6. The lowest BCUT2D eigenvalue weighted by Crippen LogP contribution is -2.30. The second kappa shape index (κ2) is 8.50. The molecule has 3 rings (SSSR count). The van der Waals surface area contributed by atoms with Crippen LogP contribution in [-0.2, 0) is 6.54 Å². The highest BCUT2D eigenvalue weighted by molar-refractivity contribution is 5.94. The van der Waals surface area contributed by atoms with Gasteiger partial charge in [0.15, 0.2) is 0 Å². The highest BCUT2D eigenvalue weighted by atomic mass is 16.2. The normalized spacial score (nSPS) is 17.1. The quantitative estimate of drug-likeness (QED) is 0.746. The summed E-state index contributed by atoms with van der Waals surface area (Å²) in [6.45, 7) is 10.3. The zero-order valence-corrected chi connectivity index (χ0v) is 16.2. The van der Waals surface area contributed by atoms with E-state index in [1.807, 2.05) is 17.0 Å². The SMILES string of the molecule is CCN(CC)Cc1ccc(C(=O)N2CCCC2c2ccc(C)cc2)cc1. The summed E-state index contributed by atoms with van der Waals surface area (Å²) in [6, 6.07) is 17.0. The van der Waals surface area contributed by atoms with Gasteiger partial charge < -0.3 is 4.90 Å². The van der Waals surface area contributed by atoms with Crippen LogP contribution in [0.25, 0.3) is 0 Å². The number of benzene rings is 2. The number of aryl methyl sites for hydroxylation is 1. The van der Waals surface area contributed by atoms with Crippen LogP contribution in [0.15, 0.2) is 48.5 Å². The van der Waals surface area contributed by atoms with Crippen molar-refractivity contribution in [3.05, 3.63) is 70.8 Å². The van der Waals surface area contributed by atoms with Crippen LogP contribution in [-0.4, -0.2) is 35.3 Å². The summed E-state index contributed by atoms with van der Waals surface area (Å²) in [7, 11) is 0. The average molecular weight is 351 g/mol. The van der Waals surface area contributed by atoms with E-state index < -0.39 is 0 Å². The number of rotatable bonds is 6. The Morgan fingerprint density at radius 1 is 1.04 bits per heavy atom. The Balaban J connectivity index is 1.72. The van der Waals surface area contributed by atoms with Crippen LogP contribution in [0.2, 0.25) is 0 Å². The maximum Gasteiger partial charge on any atom is 0.254 e. The predicted octanol–water partition coefficient (Wildman–Crippen LogP) is 4.81. The van der Waals surface area contributed by atoms with Crippen molar-refractivity contribution in [2.24, 2.45) is 0 Å². The predicted molar refractivity (Wildman–Crippen MR) is 107 cm³/mol. The molecule has 1 unspecified atom stereocenters. The van der Waals surface area contributed by atoms with Crippen molar-refractivity contribution in [1.82, 2.24) is 9.80 Å². The van der Waals surface area contributed by atoms with Crippen LogP contribution in [0.5, 0.6) is 0 Å². The molecule has 1 aliphatic heterocycles. The number of carbonyl (C=O) groups is 1. The van der Waals surface area contributed by atoms with E-state index in [9.17, 15) is 4.79 Å². The fourth-order valence-electron chi connectivity index (χ4n) is 3.77. The molecule has 138 valence electrons. The summed E-state index contributed by atoms with van der Waals surface area (Å²) in [5.41, 5.74) is 4.57. The Kier molecular flexibility index (Phi) is 6.10. The van der Waals surface area contributed by atoms with Crippen LogP contribution in [0.3, 0.4) is 0 Å². The van der Waals surface area contributed by atoms with Crippen molar-refractivity contribution in [1.29, 1.82) is 0 Å². The van der Waals surface area contributed by atoms with E-state index in [-0.39, 0.29) is 11.9 Å². The number of hydrogen-bond acceptors (Lipinski definition) is 2. The molecular formula is C23H30N2O. The molecular weight excluding hydrogens is 320 g/mol. The Bertz CT molecular complexity index is 717. The summed E-state index contributed by atoms with van der Waals surface area (Å²) >= 11 is 0. The maximum atomic E-state index is 13.1. The zero-order chi connectivity index (χ0) is 18.5. The van der Waals surface area contributed by atoms with Gasteiger partial charge in [-0.15, -0.1) is 0 Å². The molecule has 0 aromatic heterocycles. The summed E-state index contributed by atoms with van der Waals surface area (Å²) in [4.78, 5) is 17.5. The Labute approximate surface area is 157 Å². The molecule has 2 aromatic rings. The number of likely N-dealkylation sites (tertiary alicyclic amines) is 1. The van der Waals surface area contributed by atoms with Crippen LogP contribution >= 0.6 is 0 Å². The molecule has 0 radical (unpaired) electrons. The molecule has 2 aromatic carbocycles. The largest absolute Gasteiger partial charge is 0.332 e. The third kappa shape index (κ3) is 4.16. The van der Waals surface area contributed by atoms with Crippen LogP contribution in [0, 0.1) is 6.92 Å². The van der Waals surface area contributed by atoms with Gasteiger partial charge >= 0.3 is 0 Å². The van der Waals surface area contributed by atoms with Gasteiger partial charge in [0.05, 0.1) is 6.04 Å². The number of hydrogen-bond donors (Lipinski definition) is 0. The van der Waals surface area contributed by atoms with Crippen molar-refractivity contribution in [2.75, 3.05) is 19.6 Å². The van der Waals surface area contributed by atoms with Gasteiger partial charge in [0.2, 0.25) is 0 Å². The highest BCUT2D eigenvalue weighted by Crippen LogP contribution is 2.33. The minimum atomic E-state index is 0.155. The third-order valence-corrected chi connectivity index (χ3v) is 5.48. The van der Waals surface area contributed by atoms with Crippen molar-refractivity contribution >= 4 is 5.91 Å². The molecule has 26 heavy (non-hydrogen) atoms. The van der Waals surface area contributed by atoms with Gasteiger partial charge in [-0.3, -0.25) is 9.69 Å². The molecule has 1 saturated heterocycles. The second-order valence-corrected chi connectivity index (χ2v) is 7.23. The van der Waals surface area contributed by atoms with Gasteiger partial charge in [-0.05, 0) is 56.1 Å². The van der Waals surface area contributed by atoms with Gasteiger partial charge in [-0.1, -0.05) is 55.8 Å². The van der Waals surface area contributed by atoms with Gasteiger partial charge in [0, 0.05) is 18.7 Å². The lowest BCUT2D eigenvalue weighted by Gasteiger charge is -2.25. The smallest absolute Gasteiger partial charge is 0.254 e. The van der Waals surface area contributed by atoms with Gasteiger partial charge in [0.1, 0.15) is 0 Å². The van der Waals surface area contributed by atoms with E-state index in [4.69, 9.17) is 0 Å². The Hall–Kier alpha value is -2.13. The number of carbonyl (C=O) groups excluding carboxylic acids is 1. The van der Waals surface area contributed by atoms with E-state index in [2.05, 4.69) is 62.1 Å². The Morgan fingerprint density at radius 3 is 2.31 bits per heavy atom. The fraction of sp³-hybridized carbons (Fsp3) is 0.435. The molecule has 1 heterocycles. The summed E-state index contributed by atoms with van der Waals surface area (Å²) in [5, 5.41) is 0. The minimum Gasteiger partial charge on any atom is -0.332 e. The standard InChI is InChI=1S/C23H30N2O/c1-4-24(5-2)17-19-10-14-21(15-11-19)23(26)25-16-6-7-22(25)20-12-8-18(3)9-13-20/h8-15,22H,4-7,16-17H2,1-3H3. The average Bonchev–Trinajstić information content (AvgIpc) is 3.16. The van der Waals surface area contributed by atoms with Gasteiger partial charge in [-0.2, -0.15) is 0 Å². The number of nitrogens with zero attached hydrogens (tertiary/aromatic N) is 2. The summed E-state index contributed by atoms with van der Waals surface area (Å²) in [6.07, 6.45) is 2.12. The van der Waals surface area contributed by atoms with Crippen LogP contribution in [0.1, 0.15) is 59.8 Å². The minimum absolute atomic E-state index is 0.155. The van der Waals surface area contributed by atoms with E-state index >= 15 is 0 Å². The molecule has 0 saturated carbocycles. The molecule has 1 amide bonds. The topological polar surface area (TPSA) is 23.6 Å². The first-order valence-corrected chi connectivity index (χ1v) is 9.81. The lowest BCUT2D eigenvalue weighted by atomic mass is 10.0. The molecule has 3 heteroatoms. The van der Waals surface area contributed by atoms with Gasteiger partial charge in [-0.25, -0.2) is 0 Å². The maximum absolute atomic E-state index is 13.1. The van der Waals surface area contributed by atoms with Crippen molar-refractivity contribution in [3.8, 4) is 0 Å². The first-order valence-electron chi connectivity index (χ1n) is 9.81. The summed E-state index contributed by atoms with van der Waals surface area (Å²) < 4.78 is 0. The molecule has 0 N–H and O–H groups in total. The second-order valence-electron chi connectivity index (χ2n) is 7.23. The van der Waals surface area contributed by atoms with Crippen LogP contribution < -0.4 is 0 Å². The fourth-order valence-corrected chi connectivity index (χ4v) is 3.77. The Morgan fingerprint density at radius 2 is 1.69 bits per heavy atom. The lowest BCUT2D eigenvalue weighted by molar-refractivity contribution is 0.0735. The monoisotopic (exact) mass is 350 g/mol. The van der Waals surface area contributed by atoms with E-state index in [0.29, 0.717) is 0 Å². The molecule has 1 aliphatic rings. The van der Waals surface area contributed by atoms with Crippen LogP contribution in [0.4, 0.5) is 0 Å². The third-order valence-electron chi connectivity index (χ3n) is 5.48.